The van der Waals surface area contributed by atoms with Crippen molar-refractivity contribution in [3.8, 4) is 5.75 Å². The lowest BCUT2D eigenvalue weighted by atomic mass is 10.0. The van der Waals surface area contributed by atoms with E-state index in [1.807, 2.05) is 25.2 Å². The summed E-state index contributed by atoms with van der Waals surface area (Å²) < 4.78 is 5.73. The van der Waals surface area contributed by atoms with Crippen LogP contribution in [0.2, 0.25) is 0 Å². The molecule has 1 unspecified atom stereocenters. The highest BCUT2D eigenvalue weighted by atomic mass is 16.5. The highest BCUT2D eigenvalue weighted by Crippen LogP contribution is 2.27. The second-order valence-electron chi connectivity index (χ2n) is 4.84. The minimum absolute atomic E-state index is 0.0863. The number of carbonyl (C=O) groups is 1. The van der Waals surface area contributed by atoms with Crippen LogP contribution in [-0.2, 0) is 11.2 Å². The van der Waals surface area contributed by atoms with Crippen molar-refractivity contribution in [1.82, 2.24) is 5.32 Å². The van der Waals surface area contributed by atoms with Crippen molar-refractivity contribution in [3.05, 3.63) is 23.8 Å². The molecule has 1 heterocycles. The van der Waals surface area contributed by atoms with Crippen molar-refractivity contribution in [2.45, 2.75) is 19.8 Å². The van der Waals surface area contributed by atoms with E-state index in [0.29, 0.717) is 18.9 Å². The van der Waals surface area contributed by atoms with Crippen LogP contribution in [-0.4, -0.2) is 26.1 Å². The zero-order valence-corrected chi connectivity index (χ0v) is 11.0. The number of amides is 1. The van der Waals surface area contributed by atoms with Crippen LogP contribution >= 0.6 is 0 Å². The molecule has 0 saturated carbocycles. The first-order valence-corrected chi connectivity index (χ1v) is 6.39. The molecule has 4 heteroatoms. The normalized spacial score (nSPS) is 15.8. The minimum Gasteiger partial charge on any atom is -0.493 e. The van der Waals surface area contributed by atoms with E-state index in [1.165, 1.54) is 5.56 Å². The Kier molecular flexibility index (Phi) is 4.20. The van der Waals surface area contributed by atoms with Gasteiger partial charge in [0.15, 0.2) is 0 Å². The third-order valence-electron chi connectivity index (χ3n) is 3.06. The molecular weight excluding hydrogens is 228 g/mol. The van der Waals surface area contributed by atoms with Gasteiger partial charge in [0, 0.05) is 30.6 Å². The number of carbonyl (C=O) groups excluding carboxylic acids is 1. The van der Waals surface area contributed by atoms with Crippen molar-refractivity contribution >= 4 is 11.6 Å². The topological polar surface area (TPSA) is 50.4 Å². The van der Waals surface area contributed by atoms with E-state index in [-0.39, 0.29) is 5.91 Å². The van der Waals surface area contributed by atoms with E-state index in [0.717, 1.165) is 24.4 Å². The van der Waals surface area contributed by atoms with Crippen molar-refractivity contribution < 1.29 is 9.53 Å². The summed E-state index contributed by atoms with van der Waals surface area (Å²) in [4.78, 5) is 11.3. The third kappa shape index (κ3) is 3.23. The predicted octanol–water partition coefficient (Wildman–Crippen LogP) is 1.81. The smallest absolute Gasteiger partial charge is 0.224 e. The van der Waals surface area contributed by atoms with E-state index in [4.69, 9.17) is 4.74 Å². The van der Waals surface area contributed by atoms with Crippen molar-refractivity contribution in [1.29, 1.82) is 0 Å². The fourth-order valence-corrected chi connectivity index (χ4v) is 2.09. The number of benzene rings is 1. The maximum absolute atomic E-state index is 11.3. The number of rotatable bonds is 5. The molecule has 98 valence electrons. The lowest BCUT2D eigenvalue weighted by Gasteiger charge is -2.18. The van der Waals surface area contributed by atoms with Gasteiger partial charge in [-0.05, 0) is 25.1 Å². The molecule has 0 fully saturated rings. The summed E-state index contributed by atoms with van der Waals surface area (Å²) in [6.45, 7) is 3.74. The second-order valence-corrected chi connectivity index (χ2v) is 4.84. The van der Waals surface area contributed by atoms with Crippen LogP contribution in [0.25, 0.3) is 0 Å². The monoisotopic (exact) mass is 248 g/mol. The van der Waals surface area contributed by atoms with Gasteiger partial charge in [0.25, 0.3) is 0 Å². The summed E-state index contributed by atoms with van der Waals surface area (Å²) in [7, 11) is 1.94. The number of ether oxygens (including phenoxy) is 1. The quantitative estimate of drug-likeness (QED) is 0.835. The van der Waals surface area contributed by atoms with Crippen molar-refractivity contribution in [2.75, 3.05) is 25.5 Å². The molecular formula is C14H20N2O2. The Morgan fingerprint density at radius 3 is 3.06 bits per heavy atom. The van der Waals surface area contributed by atoms with Crippen LogP contribution in [0.1, 0.15) is 18.9 Å². The van der Waals surface area contributed by atoms with Gasteiger partial charge in [-0.25, -0.2) is 0 Å². The first kappa shape index (κ1) is 12.9. The Balaban J connectivity index is 1.98. The van der Waals surface area contributed by atoms with Crippen molar-refractivity contribution in [3.63, 3.8) is 0 Å². The Morgan fingerprint density at radius 1 is 1.44 bits per heavy atom. The zero-order chi connectivity index (χ0) is 13.0. The number of hydrogen-bond acceptors (Lipinski definition) is 3. The largest absolute Gasteiger partial charge is 0.493 e. The van der Waals surface area contributed by atoms with Gasteiger partial charge in [-0.3, -0.25) is 4.79 Å². The number of aryl methyl sites for hydroxylation is 1. The zero-order valence-electron chi connectivity index (χ0n) is 11.0. The lowest BCUT2D eigenvalue weighted by Crippen LogP contribution is -2.22. The molecule has 2 rings (SSSR count). The summed E-state index contributed by atoms with van der Waals surface area (Å²) >= 11 is 0. The Hall–Kier alpha value is -1.55. The fraction of sp³-hybridized carbons (Fsp3) is 0.500. The van der Waals surface area contributed by atoms with Gasteiger partial charge in [0.1, 0.15) is 5.75 Å². The average molecular weight is 248 g/mol. The second kappa shape index (κ2) is 5.87. The van der Waals surface area contributed by atoms with Gasteiger partial charge in [0.05, 0.1) is 6.61 Å². The Bertz CT molecular complexity index is 432. The number of fused-ring (bicyclic) bond motifs is 1. The van der Waals surface area contributed by atoms with E-state index >= 15 is 0 Å². The molecule has 1 aliphatic rings. The maximum atomic E-state index is 11.3. The number of nitrogens with one attached hydrogen (secondary N) is 2. The molecule has 0 saturated heterocycles. The van der Waals surface area contributed by atoms with Crippen LogP contribution in [0.4, 0.5) is 5.69 Å². The van der Waals surface area contributed by atoms with E-state index < -0.39 is 0 Å². The third-order valence-corrected chi connectivity index (χ3v) is 3.06. The predicted molar refractivity (Wildman–Crippen MR) is 72.0 cm³/mol. The molecule has 1 aliphatic heterocycles. The average Bonchev–Trinajstić information content (AvgIpc) is 2.36. The van der Waals surface area contributed by atoms with Crippen LogP contribution < -0.4 is 15.4 Å². The summed E-state index contributed by atoms with van der Waals surface area (Å²) in [5, 5.41) is 6.00. The lowest BCUT2D eigenvalue weighted by molar-refractivity contribution is -0.116. The number of anilines is 1. The first-order valence-electron chi connectivity index (χ1n) is 6.39. The molecule has 2 N–H and O–H groups in total. The molecule has 4 nitrogen and oxygen atoms in total. The molecule has 1 atom stereocenters. The Morgan fingerprint density at radius 2 is 2.28 bits per heavy atom. The fourth-order valence-electron chi connectivity index (χ4n) is 2.09. The summed E-state index contributed by atoms with van der Waals surface area (Å²) in [5.41, 5.74) is 2.08. The first-order chi connectivity index (χ1) is 8.69. The molecule has 0 bridgehead atoms. The molecule has 1 amide bonds. The highest BCUT2D eigenvalue weighted by Gasteiger charge is 2.15. The summed E-state index contributed by atoms with van der Waals surface area (Å²) in [5.74, 6) is 1.36. The molecule has 18 heavy (non-hydrogen) atoms. The van der Waals surface area contributed by atoms with E-state index in [1.54, 1.807) is 0 Å². The Labute approximate surface area is 108 Å². The van der Waals surface area contributed by atoms with Crippen LogP contribution in [0.15, 0.2) is 18.2 Å². The van der Waals surface area contributed by atoms with Gasteiger partial charge in [-0.15, -0.1) is 0 Å². The standard InChI is InChI=1S/C14H20N2O2/c1-10(8-15-2)9-18-12-5-3-11-4-6-14(17)16-13(11)7-12/h3,5,7,10,15H,4,6,8-9H2,1-2H3,(H,16,17). The molecule has 0 aromatic heterocycles. The van der Waals surface area contributed by atoms with Crippen LogP contribution in [0.3, 0.4) is 0 Å². The molecule has 1 aromatic carbocycles. The SMILES string of the molecule is CNCC(C)COc1ccc2c(c1)NC(=O)CC2. The van der Waals surface area contributed by atoms with Gasteiger partial charge >= 0.3 is 0 Å². The van der Waals surface area contributed by atoms with E-state index in [9.17, 15) is 4.79 Å². The van der Waals surface area contributed by atoms with Gasteiger partial charge in [-0.1, -0.05) is 13.0 Å². The number of hydrogen-bond donors (Lipinski definition) is 2. The molecule has 0 aliphatic carbocycles. The van der Waals surface area contributed by atoms with Gasteiger partial charge in [-0.2, -0.15) is 0 Å². The molecule has 1 aromatic rings. The summed E-state index contributed by atoms with van der Waals surface area (Å²) in [6.07, 6.45) is 1.39. The maximum Gasteiger partial charge on any atom is 0.224 e. The van der Waals surface area contributed by atoms with Gasteiger partial charge < -0.3 is 15.4 Å². The molecule has 0 radical (unpaired) electrons. The highest BCUT2D eigenvalue weighted by molar-refractivity contribution is 5.94. The summed E-state index contributed by atoms with van der Waals surface area (Å²) in [6, 6.07) is 5.92. The van der Waals surface area contributed by atoms with Crippen molar-refractivity contribution in [2.24, 2.45) is 5.92 Å². The van der Waals surface area contributed by atoms with Crippen LogP contribution in [0.5, 0.6) is 5.75 Å². The minimum atomic E-state index is 0.0863. The molecule has 0 spiro atoms. The van der Waals surface area contributed by atoms with E-state index in [2.05, 4.69) is 17.6 Å². The van der Waals surface area contributed by atoms with Crippen LogP contribution in [0, 0.1) is 5.92 Å². The van der Waals surface area contributed by atoms with Gasteiger partial charge in [0.2, 0.25) is 5.91 Å².